The number of rotatable bonds is 3. The molecule has 12 heavy (non-hydrogen) atoms. The molecule has 0 bridgehead atoms. The van der Waals surface area contributed by atoms with E-state index in [1.165, 1.54) is 7.05 Å². The number of amides is 1. The van der Waals surface area contributed by atoms with Crippen LogP contribution in [0.15, 0.2) is 0 Å². The van der Waals surface area contributed by atoms with Crippen molar-refractivity contribution in [1.29, 1.82) is 0 Å². The number of carbonyl (C=O) groups is 1. The van der Waals surface area contributed by atoms with Crippen molar-refractivity contribution in [2.24, 2.45) is 17.8 Å². The third kappa shape index (κ3) is 2.81. The summed E-state index contributed by atoms with van der Waals surface area (Å²) in [7, 11) is 1.38. The number of hydrogen-bond donors (Lipinski definition) is 1. The van der Waals surface area contributed by atoms with Gasteiger partial charge in [-0.15, -0.1) is 0 Å². The topological polar surface area (TPSA) is 40.5 Å². The van der Waals surface area contributed by atoms with Gasteiger partial charge in [-0.2, -0.15) is 0 Å². The largest absolute Gasteiger partial charge is 0.286 e. The lowest BCUT2D eigenvalue weighted by Gasteiger charge is -2.25. The van der Waals surface area contributed by atoms with Crippen molar-refractivity contribution in [3.8, 4) is 0 Å². The van der Waals surface area contributed by atoms with Crippen molar-refractivity contribution >= 4 is 5.91 Å². The minimum atomic E-state index is -0.194. The molecule has 3 heteroatoms. The molecule has 0 unspecified atom stereocenters. The Morgan fingerprint density at radius 3 is 1.58 bits per heavy atom. The van der Waals surface area contributed by atoms with Crippen LogP contribution < -0.4 is 0 Å². The minimum absolute atomic E-state index is 0.0833. The maximum absolute atomic E-state index is 11.4. The Kier molecular flexibility index (Phi) is 4.24. The molecule has 0 aliphatic rings. The molecule has 0 spiro atoms. The molecule has 0 saturated heterocycles. The lowest BCUT2D eigenvalue weighted by atomic mass is 9.85. The Morgan fingerprint density at radius 1 is 1.17 bits per heavy atom. The van der Waals surface area contributed by atoms with Gasteiger partial charge in [0.25, 0.3) is 0 Å². The van der Waals surface area contributed by atoms with E-state index in [-0.39, 0.29) is 23.7 Å². The van der Waals surface area contributed by atoms with Crippen molar-refractivity contribution in [2.45, 2.75) is 27.7 Å². The molecule has 0 saturated carbocycles. The summed E-state index contributed by atoms with van der Waals surface area (Å²) in [6.45, 7) is 7.97. The first kappa shape index (κ1) is 11.4. The predicted octanol–water partition coefficient (Wildman–Crippen LogP) is 1.76. The minimum Gasteiger partial charge on any atom is -0.286 e. The van der Waals surface area contributed by atoms with Gasteiger partial charge >= 0.3 is 0 Å². The SMILES string of the molecule is CC(C)C(C(=O)N(C)O)C(C)C. The van der Waals surface area contributed by atoms with Crippen LogP contribution in [0.3, 0.4) is 0 Å². The van der Waals surface area contributed by atoms with Crippen LogP contribution in [-0.4, -0.2) is 23.2 Å². The van der Waals surface area contributed by atoms with Crippen molar-refractivity contribution in [3.63, 3.8) is 0 Å². The molecule has 0 aliphatic carbocycles. The van der Waals surface area contributed by atoms with E-state index >= 15 is 0 Å². The zero-order valence-corrected chi connectivity index (χ0v) is 8.53. The highest BCUT2D eigenvalue weighted by Crippen LogP contribution is 2.21. The number of nitrogens with zero attached hydrogens (tertiary/aromatic N) is 1. The number of hydrogen-bond acceptors (Lipinski definition) is 2. The average molecular weight is 173 g/mol. The fourth-order valence-electron chi connectivity index (χ4n) is 1.56. The molecule has 1 amide bonds. The van der Waals surface area contributed by atoms with Gasteiger partial charge in [-0.05, 0) is 11.8 Å². The second kappa shape index (κ2) is 4.45. The molecule has 0 atom stereocenters. The van der Waals surface area contributed by atoms with Gasteiger partial charge in [0.05, 0.1) is 0 Å². The summed E-state index contributed by atoms with van der Waals surface area (Å²) < 4.78 is 0. The zero-order valence-electron chi connectivity index (χ0n) is 8.53. The average Bonchev–Trinajstić information content (AvgIpc) is 1.85. The summed E-state index contributed by atoms with van der Waals surface area (Å²) in [5.41, 5.74) is 0. The monoisotopic (exact) mass is 173 g/mol. The van der Waals surface area contributed by atoms with Crippen LogP contribution in [0.5, 0.6) is 0 Å². The summed E-state index contributed by atoms with van der Waals surface area (Å²) in [5.74, 6) is 0.263. The van der Waals surface area contributed by atoms with Crippen molar-refractivity contribution < 1.29 is 10.0 Å². The third-order valence-corrected chi connectivity index (χ3v) is 2.04. The Bertz CT molecular complexity index is 145. The summed E-state index contributed by atoms with van der Waals surface area (Å²) in [5, 5.41) is 9.66. The molecule has 1 N–H and O–H groups in total. The lowest BCUT2D eigenvalue weighted by Crippen LogP contribution is -2.36. The molecule has 0 aromatic carbocycles. The predicted molar refractivity (Wildman–Crippen MR) is 47.7 cm³/mol. The van der Waals surface area contributed by atoms with Crippen LogP contribution in [0.2, 0.25) is 0 Å². The summed E-state index contributed by atoms with van der Waals surface area (Å²) in [6, 6.07) is 0. The first-order chi connectivity index (χ1) is 5.37. The standard InChI is InChI=1S/C9H19NO2/c1-6(2)8(7(3)4)9(11)10(5)12/h6-8,12H,1-5H3. The maximum atomic E-state index is 11.4. The molecule has 0 rings (SSSR count). The van der Waals surface area contributed by atoms with Gasteiger partial charge in [0.1, 0.15) is 0 Å². The molecule has 0 aliphatic heterocycles. The van der Waals surface area contributed by atoms with Gasteiger partial charge in [-0.1, -0.05) is 27.7 Å². The van der Waals surface area contributed by atoms with E-state index in [0.717, 1.165) is 0 Å². The molecular weight excluding hydrogens is 154 g/mol. The number of hydroxylamine groups is 2. The Hall–Kier alpha value is -0.570. The second-order valence-electron chi connectivity index (χ2n) is 3.88. The molecule has 0 aromatic rings. The highest BCUT2D eigenvalue weighted by molar-refractivity contribution is 5.77. The molecule has 3 nitrogen and oxygen atoms in total. The summed E-state index contributed by atoms with van der Waals surface area (Å²) >= 11 is 0. The molecule has 0 fully saturated rings. The van der Waals surface area contributed by atoms with Crippen LogP contribution in [0.4, 0.5) is 0 Å². The van der Waals surface area contributed by atoms with E-state index in [2.05, 4.69) is 0 Å². The van der Waals surface area contributed by atoms with Gasteiger partial charge in [0.15, 0.2) is 0 Å². The fraction of sp³-hybridized carbons (Fsp3) is 0.889. The van der Waals surface area contributed by atoms with Crippen LogP contribution in [0.1, 0.15) is 27.7 Å². The summed E-state index contributed by atoms with van der Waals surface area (Å²) in [6.07, 6.45) is 0. The molecule has 72 valence electrons. The van der Waals surface area contributed by atoms with Crippen LogP contribution >= 0.6 is 0 Å². The lowest BCUT2D eigenvalue weighted by molar-refractivity contribution is -0.167. The first-order valence-electron chi connectivity index (χ1n) is 4.34. The van der Waals surface area contributed by atoms with Gasteiger partial charge in [0.2, 0.25) is 5.91 Å². The molecule has 0 heterocycles. The van der Waals surface area contributed by atoms with Gasteiger partial charge in [0, 0.05) is 13.0 Å². The molecule has 0 radical (unpaired) electrons. The quantitative estimate of drug-likeness (QED) is 0.522. The Labute approximate surface area is 74.3 Å². The van der Waals surface area contributed by atoms with Crippen molar-refractivity contribution in [2.75, 3.05) is 7.05 Å². The Balaban J connectivity index is 4.41. The zero-order chi connectivity index (χ0) is 9.89. The van der Waals surface area contributed by atoms with Crippen LogP contribution in [0, 0.1) is 17.8 Å². The normalized spacial score (nSPS) is 11.4. The maximum Gasteiger partial charge on any atom is 0.249 e. The number of carbonyl (C=O) groups excluding carboxylic acids is 1. The van der Waals surface area contributed by atoms with Crippen molar-refractivity contribution in [1.82, 2.24) is 5.06 Å². The second-order valence-corrected chi connectivity index (χ2v) is 3.88. The van der Waals surface area contributed by atoms with E-state index in [4.69, 9.17) is 5.21 Å². The fourth-order valence-corrected chi connectivity index (χ4v) is 1.56. The van der Waals surface area contributed by atoms with Crippen LogP contribution in [0.25, 0.3) is 0 Å². The van der Waals surface area contributed by atoms with Crippen LogP contribution in [-0.2, 0) is 4.79 Å². The third-order valence-electron chi connectivity index (χ3n) is 2.04. The van der Waals surface area contributed by atoms with E-state index in [0.29, 0.717) is 5.06 Å². The molecular formula is C9H19NO2. The van der Waals surface area contributed by atoms with E-state index < -0.39 is 0 Å². The smallest absolute Gasteiger partial charge is 0.249 e. The summed E-state index contributed by atoms with van der Waals surface area (Å²) in [4.78, 5) is 11.4. The van der Waals surface area contributed by atoms with Gasteiger partial charge in [-0.3, -0.25) is 10.0 Å². The highest BCUT2D eigenvalue weighted by atomic mass is 16.5. The van der Waals surface area contributed by atoms with Gasteiger partial charge < -0.3 is 0 Å². The van der Waals surface area contributed by atoms with E-state index in [1.807, 2.05) is 27.7 Å². The van der Waals surface area contributed by atoms with E-state index in [1.54, 1.807) is 0 Å². The Morgan fingerprint density at radius 2 is 1.50 bits per heavy atom. The van der Waals surface area contributed by atoms with E-state index in [9.17, 15) is 4.79 Å². The molecule has 0 aromatic heterocycles. The van der Waals surface area contributed by atoms with Gasteiger partial charge in [-0.25, -0.2) is 5.06 Å². The highest BCUT2D eigenvalue weighted by Gasteiger charge is 2.27. The van der Waals surface area contributed by atoms with Crippen molar-refractivity contribution in [3.05, 3.63) is 0 Å². The first-order valence-corrected chi connectivity index (χ1v) is 4.34.